The van der Waals surface area contributed by atoms with Crippen LogP contribution in [0, 0.1) is 5.82 Å². The number of nitrogens with zero attached hydrogens (tertiary/aromatic N) is 5. The van der Waals surface area contributed by atoms with Gasteiger partial charge in [-0.1, -0.05) is 19.7 Å². The van der Waals surface area contributed by atoms with Gasteiger partial charge in [0.05, 0.1) is 23.3 Å². The number of hydrogen-bond acceptors (Lipinski definition) is 9. The van der Waals surface area contributed by atoms with E-state index in [0.717, 1.165) is 18.2 Å². The maximum absolute atomic E-state index is 14.8. The number of alkyl halides is 2. The molecule has 2 aromatic heterocycles. The first kappa shape index (κ1) is 32.1. The number of halogens is 3. The van der Waals surface area contributed by atoms with Gasteiger partial charge >= 0.3 is 0 Å². The number of hydrogen-bond donors (Lipinski definition) is 4. The topological polar surface area (TPSA) is 116 Å². The van der Waals surface area contributed by atoms with Gasteiger partial charge in [0.1, 0.15) is 11.6 Å². The summed E-state index contributed by atoms with van der Waals surface area (Å²) in [5, 5.41) is 9.15. The van der Waals surface area contributed by atoms with Crippen molar-refractivity contribution in [2.75, 3.05) is 42.0 Å². The molecule has 1 aromatic carbocycles. The Labute approximate surface area is 238 Å². The summed E-state index contributed by atoms with van der Waals surface area (Å²) in [5.74, 6) is -2.54. The number of nitrogens with one attached hydrogen (secondary N) is 3. The van der Waals surface area contributed by atoms with Gasteiger partial charge in [-0.2, -0.15) is 4.98 Å². The van der Waals surface area contributed by atoms with Gasteiger partial charge in [0, 0.05) is 75.4 Å². The zero-order valence-corrected chi connectivity index (χ0v) is 23.4. The summed E-state index contributed by atoms with van der Waals surface area (Å²) >= 11 is 0. The second kappa shape index (κ2) is 14.9. The van der Waals surface area contributed by atoms with Crippen molar-refractivity contribution in [3.05, 3.63) is 98.2 Å². The molecule has 0 aliphatic carbocycles. The van der Waals surface area contributed by atoms with Crippen LogP contribution in [0.4, 0.5) is 42.0 Å². The molecule has 0 amide bonds. The number of pyridine rings is 1. The van der Waals surface area contributed by atoms with Crippen LogP contribution in [0.2, 0.25) is 0 Å². The summed E-state index contributed by atoms with van der Waals surface area (Å²) in [4.78, 5) is 19.2. The van der Waals surface area contributed by atoms with Gasteiger partial charge < -0.3 is 26.6 Å². The second-order valence-corrected chi connectivity index (χ2v) is 8.75. The van der Waals surface area contributed by atoms with Crippen LogP contribution in [0.25, 0.3) is 11.1 Å². The van der Waals surface area contributed by atoms with Crippen molar-refractivity contribution in [1.29, 1.82) is 0 Å². The van der Waals surface area contributed by atoms with E-state index in [0.29, 0.717) is 34.5 Å². The van der Waals surface area contributed by atoms with Crippen LogP contribution in [0.5, 0.6) is 0 Å². The first-order valence-electron chi connectivity index (χ1n) is 12.2. The molecule has 0 atom stereocenters. The molecule has 216 valence electrons. The molecule has 9 nitrogen and oxygen atoms in total. The lowest BCUT2D eigenvalue weighted by atomic mass is 10.1. The molecule has 0 radical (unpaired) electrons. The summed E-state index contributed by atoms with van der Waals surface area (Å²) in [7, 11) is 5.46. The van der Waals surface area contributed by atoms with Crippen LogP contribution in [0.1, 0.15) is 6.92 Å². The SMILES string of the molecule is C=CC(=C)Nc1ccc(F)c(Nc2nc(N/C(C=NC)=C/N)ncc2-c2cncc(N(C)C)c2)c1.C=CC(C)(F)F. The van der Waals surface area contributed by atoms with Gasteiger partial charge in [-0.3, -0.25) is 9.98 Å². The number of aromatic nitrogens is 3. The van der Waals surface area contributed by atoms with Gasteiger partial charge in [-0.15, -0.1) is 0 Å². The molecule has 12 heteroatoms. The summed E-state index contributed by atoms with van der Waals surface area (Å²) in [6.07, 6.45) is 10.1. The quantitative estimate of drug-likeness (QED) is 0.121. The van der Waals surface area contributed by atoms with Gasteiger partial charge in [-0.05, 0) is 36.4 Å². The summed E-state index contributed by atoms with van der Waals surface area (Å²) in [6, 6.07) is 6.52. The van der Waals surface area contributed by atoms with Crippen molar-refractivity contribution >= 4 is 35.0 Å². The number of anilines is 5. The highest BCUT2D eigenvalue weighted by Crippen LogP contribution is 2.32. The molecule has 0 aliphatic rings. The van der Waals surface area contributed by atoms with Crippen LogP contribution < -0.4 is 26.6 Å². The van der Waals surface area contributed by atoms with Crippen molar-refractivity contribution in [3.8, 4) is 11.1 Å². The van der Waals surface area contributed by atoms with Crippen molar-refractivity contribution in [3.63, 3.8) is 0 Å². The number of benzene rings is 1. The smallest absolute Gasteiger partial charge is 0.263 e. The first-order chi connectivity index (χ1) is 19.4. The minimum absolute atomic E-state index is 0.208. The van der Waals surface area contributed by atoms with Gasteiger partial charge in [0.25, 0.3) is 5.92 Å². The summed E-state index contributed by atoms with van der Waals surface area (Å²) < 4.78 is 37.5. The minimum atomic E-state index is -2.69. The Morgan fingerprint density at radius 1 is 1.12 bits per heavy atom. The number of allylic oxidation sites excluding steroid dienone is 3. The molecule has 0 aliphatic heterocycles. The molecule has 0 bridgehead atoms. The lowest BCUT2D eigenvalue weighted by Gasteiger charge is -2.17. The van der Waals surface area contributed by atoms with Gasteiger partial charge in [0.2, 0.25) is 5.95 Å². The molecular weight excluding hydrogens is 531 g/mol. The molecular formula is C29H34F3N9. The summed E-state index contributed by atoms with van der Waals surface area (Å²) in [6.45, 7) is 11.2. The Kier molecular flexibility index (Phi) is 11.6. The predicted molar refractivity (Wildman–Crippen MR) is 163 cm³/mol. The van der Waals surface area contributed by atoms with Crippen molar-refractivity contribution in [2.24, 2.45) is 10.7 Å². The molecule has 0 saturated heterocycles. The fourth-order valence-electron chi connectivity index (χ4n) is 3.02. The van der Waals surface area contributed by atoms with Crippen molar-refractivity contribution in [1.82, 2.24) is 15.0 Å². The normalized spacial score (nSPS) is 11.2. The van der Waals surface area contributed by atoms with E-state index in [9.17, 15) is 13.2 Å². The van der Waals surface area contributed by atoms with E-state index in [-0.39, 0.29) is 11.6 Å². The number of rotatable bonds is 11. The molecule has 2 heterocycles. The Morgan fingerprint density at radius 3 is 2.41 bits per heavy atom. The first-order valence-corrected chi connectivity index (χ1v) is 12.2. The van der Waals surface area contributed by atoms with E-state index in [1.807, 2.05) is 25.1 Å². The second-order valence-electron chi connectivity index (χ2n) is 8.75. The number of nitrogens with two attached hydrogens (primary N) is 1. The van der Waals surface area contributed by atoms with E-state index >= 15 is 0 Å². The molecule has 0 unspecified atom stereocenters. The third-order valence-corrected chi connectivity index (χ3v) is 5.17. The van der Waals surface area contributed by atoms with E-state index in [1.54, 1.807) is 43.8 Å². The van der Waals surface area contributed by atoms with Gasteiger partial charge in [0.15, 0.2) is 0 Å². The maximum Gasteiger partial charge on any atom is 0.263 e. The Bertz CT molecular complexity index is 1430. The van der Waals surface area contributed by atoms with E-state index in [4.69, 9.17) is 5.73 Å². The monoisotopic (exact) mass is 565 g/mol. The van der Waals surface area contributed by atoms with Crippen LogP contribution in [0.3, 0.4) is 0 Å². The Morgan fingerprint density at radius 2 is 1.83 bits per heavy atom. The molecule has 3 aromatic rings. The van der Waals surface area contributed by atoms with E-state index in [2.05, 4.69) is 55.6 Å². The molecule has 0 spiro atoms. The molecule has 3 rings (SSSR count). The fourth-order valence-corrected chi connectivity index (χ4v) is 3.02. The highest BCUT2D eigenvalue weighted by atomic mass is 19.3. The third kappa shape index (κ3) is 10.2. The standard InChI is InChI=1S/C25H28FN9.C4H6F2/c1-6-16(2)31-18-7-8-22(26)23(10-18)33-24-21(17-9-20(35(4)5)14-29-12-17)15-30-25(34-24)32-19(11-27)13-28-3;1-3-4(2,5)6/h6-15,31H,1-2,27H2,3-5H3,(H2,30,32,33,34);3H,1H2,2H3/b19-11+,28-13?;. The van der Waals surface area contributed by atoms with Crippen LogP contribution in [-0.2, 0) is 0 Å². The van der Waals surface area contributed by atoms with Crippen LogP contribution in [-0.4, -0.2) is 48.2 Å². The molecule has 5 N–H and O–H groups in total. The van der Waals surface area contributed by atoms with E-state index < -0.39 is 11.7 Å². The average Bonchev–Trinajstić information content (AvgIpc) is 2.94. The molecule has 41 heavy (non-hydrogen) atoms. The number of aliphatic imine (C=N–C) groups is 1. The zero-order valence-electron chi connectivity index (χ0n) is 23.4. The predicted octanol–water partition coefficient (Wildman–Crippen LogP) is 6.34. The zero-order chi connectivity index (χ0) is 30.6. The maximum atomic E-state index is 14.8. The van der Waals surface area contributed by atoms with E-state index in [1.165, 1.54) is 18.5 Å². The third-order valence-electron chi connectivity index (χ3n) is 5.17. The fraction of sp³-hybridized carbons (Fsp3) is 0.172. The lowest BCUT2D eigenvalue weighted by molar-refractivity contribution is 0.0779. The Balaban J connectivity index is 0.000000883. The highest BCUT2D eigenvalue weighted by molar-refractivity contribution is 5.83. The largest absolute Gasteiger partial charge is 0.403 e. The lowest BCUT2D eigenvalue weighted by Crippen LogP contribution is -2.10. The highest BCUT2D eigenvalue weighted by Gasteiger charge is 2.15. The minimum Gasteiger partial charge on any atom is -0.403 e. The molecule has 0 saturated carbocycles. The Hall–Kier alpha value is -5.13. The van der Waals surface area contributed by atoms with Crippen molar-refractivity contribution in [2.45, 2.75) is 12.8 Å². The van der Waals surface area contributed by atoms with Crippen LogP contribution in [0.15, 0.2) is 97.3 Å². The van der Waals surface area contributed by atoms with Gasteiger partial charge in [-0.25, -0.2) is 18.2 Å². The molecule has 0 fully saturated rings. The van der Waals surface area contributed by atoms with Crippen molar-refractivity contribution < 1.29 is 13.2 Å². The average molecular weight is 566 g/mol. The summed E-state index contributed by atoms with van der Waals surface area (Å²) in [5.41, 5.74) is 9.86. The van der Waals surface area contributed by atoms with Crippen LogP contribution >= 0.6 is 0 Å².